The third-order valence-electron chi connectivity index (χ3n) is 3.66. The SMILES string of the molecule is COc1cc(NC(=S)N2CCC[C@@H](C)C2)c(OC)cc1Cl. The second-order valence-electron chi connectivity index (χ2n) is 5.31. The van der Waals surface area contributed by atoms with Crippen molar-refractivity contribution in [3.8, 4) is 11.5 Å². The molecule has 6 heteroatoms. The highest BCUT2D eigenvalue weighted by molar-refractivity contribution is 7.80. The van der Waals surface area contributed by atoms with Gasteiger partial charge in [-0.3, -0.25) is 0 Å². The van der Waals surface area contributed by atoms with Gasteiger partial charge in [-0.1, -0.05) is 18.5 Å². The maximum Gasteiger partial charge on any atom is 0.173 e. The number of rotatable bonds is 3. The zero-order valence-corrected chi connectivity index (χ0v) is 14.2. The van der Waals surface area contributed by atoms with E-state index in [1.807, 2.05) is 0 Å². The van der Waals surface area contributed by atoms with Crippen LogP contribution in [0.4, 0.5) is 5.69 Å². The molecule has 0 aromatic heterocycles. The molecule has 0 aliphatic carbocycles. The van der Waals surface area contributed by atoms with Gasteiger partial charge in [0.1, 0.15) is 11.5 Å². The van der Waals surface area contributed by atoms with E-state index in [9.17, 15) is 0 Å². The smallest absolute Gasteiger partial charge is 0.173 e. The molecule has 1 atom stereocenters. The first kappa shape index (κ1) is 16.2. The number of benzene rings is 1. The Hall–Kier alpha value is -1.20. The van der Waals surface area contributed by atoms with Gasteiger partial charge in [0.05, 0.1) is 24.9 Å². The number of anilines is 1. The largest absolute Gasteiger partial charge is 0.495 e. The van der Waals surface area contributed by atoms with Crippen LogP contribution in [-0.2, 0) is 0 Å². The van der Waals surface area contributed by atoms with Crippen LogP contribution >= 0.6 is 23.8 Å². The summed E-state index contributed by atoms with van der Waals surface area (Å²) in [6.45, 7) is 4.22. The van der Waals surface area contributed by atoms with Crippen molar-refractivity contribution in [2.45, 2.75) is 19.8 Å². The topological polar surface area (TPSA) is 33.7 Å². The summed E-state index contributed by atoms with van der Waals surface area (Å²) in [5.41, 5.74) is 0.766. The fourth-order valence-corrected chi connectivity index (χ4v) is 3.03. The summed E-state index contributed by atoms with van der Waals surface area (Å²) in [6.07, 6.45) is 2.43. The summed E-state index contributed by atoms with van der Waals surface area (Å²) >= 11 is 11.6. The first-order valence-corrected chi connectivity index (χ1v) is 7.81. The van der Waals surface area contributed by atoms with Gasteiger partial charge < -0.3 is 19.7 Å². The van der Waals surface area contributed by atoms with Crippen molar-refractivity contribution in [2.75, 3.05) is 32.6 Å². The Morgan fingerprint density at radius 1 is 1.33 bits per heavy atom. The first-order chi connectivity index (χ1) is 10.0. The van der Waals surface area contributed by atoms with Crippen molar-refractivity contribution in [1.82, 2.24) is 4.90 Å². The number of hydrogen-bond acceptors (Lipinski definition) is 3. The van der Waals surface area contributed by atoms with Crippen LogP contribution in [-0.4, -0.2) is 37.3 Å². The molecule has 2 rings (SSSR count). The van der Waals surface area contributed by atoms with E-state index >= 15 is 0 Å². The lowest BCUT2D eigenvalue weighted by atomic mass is 10.0. The van der Waals surface area contributed by atoms with Crippen molar-refractivity contribution in [1.29, 1.82) is 0 Å². The molecule has 1 aromatic rings. The van der Waals surface area contributed by atoms with Crippen LogP contribution in [0.15, 0.2) is 12.1 Å². The van der Waals surface area contributed by atoms with Crippen LogP contribution in [0, 0.1) is 5.92 Å². The number of piperidine rings is 1. The summed E-state index contributed by atoms with van der Waals surface area (Å²) in [7, 11) is 3.19. The molecule has 1 aliphatic heterocycles. The van der Waals surface area contributed by atoms with E-state index in [4.69, 9.17) is 33.3 Å². The van der Waals surface area contributed by atoms with Crippen molar-refractivity contribution in [3.63, 3.8) is 0 Å². The Kier molecular flexibility index (Phi) is 5.53. The average molecular weight is 329 g/mol. The molecule has 1 aromatic carbocycles. The number of nitrogens with zero attached hydrogens (tertiary/aromatic N) is 1. The molecule has 0 amide bonds. The minimum absolute atomic E-state index is 0.511. The van der Waals surface area contributed by atoms with Gasteiger partial charge in [-0.05, 0) is 31.0 Å². The first-order valence-electron chi connectivity index (χ1n) is 7.02. The van der Waals surface area contributed by atoms with Gasteiger partial charge in [0.25, 0.3) is 0 Å². The molecule has 21 heavy (non-hydrogen) atoms. The minimum Gasteiger partial charge on any atom is -0.495 e. The van der Waals surface area contributed by atoms with Crippen molar-refractivity contribution in [2.24, 2.45) is 5.92 Å². The van der Waals surface area contributed by atoms with Crippen LogP contribution < -0.4 is 14.8 Å². The van der Waals surface area contributed by atoms with E-state index in [0.717, 1.165) is 18.8 Å². The highest BCUT2D eigenvalue weighted by atomic mass is 35.5. The highest BCUT2D eigenvalue weighted by Crippen LogP contribution is 2.36. The lowest BCUT2D eigenvalue weighted by Gasteiger charge is -2.33. The lowest BCUT2D eigenvalue weighted by Crippen LogP contribution is -2.41. The van der Waals surface area contributed by atoms with Gasteiger partial charge >= 0.3 is 0 Å². The van der Waals surface area contributed by atoms with Gasteiger partial charge in [-0.15, -0.1) is 0 Å². The molecule has 0 spiro atoms. The number of hydrogen-bond donors (Lipinski definition) is 1. The van der Waals surface area contributed by atoms with Gasteiger partial charge in [0.2, 0.25) is 0 Å². The van der Waals surface area contributed by atoms with Crippen LogP contribution in [0.2, 0.25) is 5.02 Å². The van der Waals surface area contributed by atoms with E-state index in [0.29, 0.717) is 27.6 Å². The Labute approximate surface area is 136 Å². The third-order valence-corrected chi connectivity index (χ3v) is 4.32. The third kappa shape index (κ3) is 3.92. The molecule has 116 valence electrons. The van der Waals surface area contributed by atoms with Gasteiger partial charge in [0, 0.05) is 25.2 Å². The number of ether oxygens (including phenoxy) is 2. The summed E-state index contributed by atoms with van der Waals surface area (Å²) in [5, 5.41) is 4.47. The molecule has 1 aliphatic rings. The fourth-order valence-electron chi connectivity index (χ4n) is 2.53. The molecule has 1 N–H and O–H groups in total. The second kappa shape index (κ2) is 7.18. The van der Waals surface area contributed by atoms with E-state index in [1.165, 1.54) is 12.8 Å². The van der Waals surface area contributed by atoms with Crippen molar-refractivity contribution < 1.29 is 9.47 Å². The predicted molar refractivity (Wildman–Crippen MR) is 90.7 cm³/mol. The number of nitrogens with one attached hydrogen (secondary N) is 1. The monoisotopic (exact) mass is 328 g/mol. The Balaban J connectivity index is 2.16. The Bertz CT molecular complexity index is 525. The molecule has 0 saturated carbocycles. The quantitative estimate of drug-likeness (QED) is 0.854. The van der Waals surface area contributed by atoms with Gasteiger partial charge in [-0.25, -0.2) is 0 Å². The van der Waals surface area contributed by atoms with E-state index in [-0.39, 0.29) is 0 Å². The van der Waals surface area contributed by atoms with Crippen LogP contribution in [0.5, 0.6) is 11.5 Å². The molecule has 1 heterocycles. The molecular weight excluding hydrogens is 308 g/mol. The Morgan fingerprint density at radius 2 is 2.05 bits per heavy atom. The predicted octanol–water partition coefficient (Wildman–Crippen LogP) is 3.79. The maximum atomic E-state index is 6.11. The molecule has 4 nitrogen and oxygen atoms in total. The average Bonchev–Trinajstić information content (AvgIpc) is 2.48. The molecule has 1 fully saturated rings. The van der Waals surface area contributed by atoms with Crippen molar-refractivity contribution in [3.05, 3.63) is 17.2 Å². The molecular formula is C15H21ClN2O2S. The normalized spacial score (nSPS) is 18.3. The minimum atomic E-state index is 0.511. The molecule has 0 unspecified atom stereocenters. The van der Waals surface area contributed by atoms with Crippen LogP contribution in [0.3, 0.4) is 0 Å². The summed E-state index contributed by atoms with van der Waals surface area (Å²) in [5.74, 6) is 1.91. The van der Waals surface area contributed by atoms with Gasteiger partial charge in [0.15, 0.2) is 5.11 Å². The van der Waals surface area contributed by atoms with Crippen LogP contribution in [0.25, 0.3) is 0 Å². The maximum absolute atomic E-state index is 6.11. The summed E-state index contributed by atoms with van der Waals surface area (Å²) in [4.78, 5) is 2.20. The standard InChI is InChI=1S/C15H21ClN2O2S/c1-10-5-4-6-18(9-10)15(21)17-12-8-13(19-2)11(16)7-14(12)20-3/h7-8,10H,4-6,9H2,1-3H3,(H,17,21)/t10-/m1/s1. The molecule has 1 saturated heterocycles. The molecule has 0 radical (unpaired) electrons. The van der Waals surface area contributed by atoms with Crippen LogP contribution in [0.1, 0.15) is 19.8 Å². The van der Waals surface area contributed by atoms with E-state index < -0.39 is 0 Å². The number of thiocarbonyl (C=S) groups is 1. The fraction of sp³-hybridized carbons (Fsp3) is 0.533. The number of likely N-dealkylation sites (tertiary alicyclic amines) is 1. The molecule has 0 bridgehead atoms. The van der Waals surface area contributed by atoms with E-state index in [1.54, 1.807) is 26.4 Å². The summed E-state index contributed by atoms with van der Waals surface area (Å²) < 4.78 is 10.6. The van der Waals surface area contributed by atoms with Crippen molar-refractivity contribution >= 4 is 34.6 Å². The number of halogens is 1. The number of methoxy groups -OCH3 is 2. The zero-order chi connectivity index (χ0) is 15.4. The second-order valence-corrected chi connectivity index (χ2v) is 6.10. The summed E-state index contributed by atoms with van der Waals surface area (Å²) in [6, 6.07) is 3.53. The Morgan fingerprint density at radius 3 is 2.67 bits per heavy atom. The lowest BCUT2D eigenvalue weighted by molar-refractivity contribution is 0.276. The van der Waals surface area contributed by atoms with Gasteiger partial charge in [-0.2, -0.15) is 0 Å². The zero-order valence-electron chi connectivity index (χ0n) is 12.6. The van der Waals surface area contributed by atoms with E-state index in [2.05, 4.69) is 17.1 Å². The highest BCUT2D eigenvalue weighted by Gasteiger charge is 2.20.